The van der Waals surface area contributed by atoms with Crippen molar-refractivity contribution in [3.05, 3.63) is 29.3 Å². The van der Waals surface area contributed by atoms with E-state index in [-0.39, 0.29) is 29.2 Å². The Balaban J connectivity index is 1.69. The number of hydrogen-bond donors (Lipinski definition) is 1. The number of methoxy groups -OCH3 is 1. The molecule has 1 aromatic carbocycles. The Kier molecular flexibility index (Phi) is 7.55. The molecule has 1 saturated heterocycles. The van der Waals surface area contributed by atoms with Gasteiger partial charge in [-0.15, -0.1) is 10.2 Å². The van der Waals surface area contributed by atoms with Gasteiger partial charge < -0.3 is 14.6 Å². The molecule has 1 atom stereocenters. The van der Waals surface area contributed by atoms with Crippen LogP contribution in [0.25, 0.3) is 11.4 Å². The van der Waals surface area contributed by atoms with Crippen molar-refractivity contribution < 1.29 is 17.9 Å². The van der Waals surface area contributed by atoms with Crippen molar-refractivity contribution >= 4 is 39.1 Å². The smallest absolute Gasteiger partial charge is 0.230 e. The molecule has 158 valence electrons. The van der Waals surface area contributed by atoms with Crippen molar-refractivity contribution in [1.82, 2.24) is 20.1 Å². The van der Waals surface area contributed by atoms with E-state index in [1.807, 2.05) is 22.8 Å². The lowest BCUT2D eigenvalue weighted by Gasteiger charge is -2.12. The van der Waals surface area contributed by atoms with Gasteiger partial charge in [-0.25, -0.2) is 8.42 Å². The molecular weight excluding hydrogens is 436 g/mol. The molecule has 1 aliphatic heterocycles. The van der Waals surface area contributed by atoms with Crippen LogP contribution in [0.3, 0.4) is 0 Å². The summed E-state index contributed by atoms with van der Waals surface area (Å²) in [4.78, 5) is 12.3. The summed E-state index contributed by atoms with van der Waals surface area (Å²) >= 11 is 7.58. The second kappa shape index (κ2) is 9.92. The number of nitrogens with zero attached hydrogens (tertiary/aromatic N) is 3. The maximum absolute atomic E-state index is 12.3. The fraction of sp³-hybridized carbons (Fsp3) is 0.500. The van der Waals surface area contributed by atoms with Gasteiger partial charge in [0.25, 0.3) is 0 Å². The van der Waals surface area contributed by atoms with Gasteiger partial charge in [0.05, 0.1) is 22.3 Å². The number of benzene rings is 1. The van der Waals surface area contributed by atoms with Crippen LogP contribution in [0.15, 0.2) is 29.4 Å². The summed E-state index contributed by atoms with van der Waals surface area (Å²) in [6.45, 7) is 1.20. The van der Waals surface area contributed by atoms with Gasteiger partial charge in [-0.3, -0.25) is 4.79 Å². The highest BCUT2D eigenvalue weighted by Gasteiger charge is 2.29. The molecular formula is C18H23ClN4O4S2. The zero-order valence-electron chi connectivity index (χ0n) is 16.0. The molecule has 2 aromatic rings. The molecule has 0 spiro atoms. The number of sulfone groups is 1. The summed E-state index contributed by atoms with van der Waals surface area (Å²) in [6, 6.07) is 7.08. The standard InChI is InChI=1S/C18H23ClN4O4S2/c1-27-9-4-8-23-17(14-5-2-3-6-15(14)19)21-22-18(23)28-11-16(24)20-13-7-10-29(25,26)12-13/h2-3,5-6,13H,4,7-12H2,1H3,(H,20,24). The van der Waals surface area contributed by atoms with E-state index in [2.05, 4.69) is 15.5 Å². The molecule has 1 unspecified atom stereocenters. The quantitative estimate of drug-likeness (QED) is 0.453. The average Bonchev–Trinajstić information content (AvgIpc) is 3.23. The van der Waals surface area contributed by atoms with E-state index < -0.39 is 9.84 Å². The third kappa shape index (κ3) is 5.94. The second-order valence-electron chi connectivity index (χ2n) is 6.74. The van der Waals surface area contributed by atoms with Crippen molar-refractivity contribution in [2.24, 2.45) is 0 Å². The van der Waals surface area contributed by atoms with Crippen LogP contribution in [0.2, 0.25) is 5.02 Å². The molecule has 0 bridgehead atoms. The molecule has 1 amide bonds. The molecule has 1 aromatic heterocycles. The summed E-state index contributed by atoms with van der Waals surface area (Å²) in [5, 5.41) is 12.5. The zero-order valence-corrected chi connectivity index (χ0v) is 18.4. The summed E-state index contributed by atoms with van der Waals surface area (Å²) in [5.74, 6) is 0.675. The van der Waals surface area contributed by atoms with E-state index in [0.29, 0.717) is 35.6 Å². The number of ether oxygens (including phenoxy) is 1. The molecule has 0 radical (unpaired) electrons. The summed E-state index contributed by atoms with van der Waals surface area (Å²) in [5.41, 5.74) is 0.770. The van der Waals surface area contributed by atoms with E-state index in [1.54, 1.807) is 13.2 Å². The predicted molar refractivity (Wildman–Crippen MR) is 113 cm³/mol. The number of halogens is 1. The molecule has 1 aliphatic rings. The van der Waals surface area contributed by atoms with Gasteiger partial charge >= 0.3 is 0 Å². The van der Waals surface area contributed by atoms with Crippen molar-refractivity contribution in [2.75, 3.05) is 31.0 Å². The number of thioether (sulfide) groups is 1. The maximum atomic E-state index is 12.3. The lowest BCUT2D eigenvalue weighted by Crippen LogP contribution is -2.36. The molecule has 2 heterocycles. The minimum atomic E-state index is -3.03. The molecule has 29 heavy (non-hydrogen) atoms. The van der Waals surface area contributed by atoms with Gasteiger partial charge in [-0.1, -0.05) is 35.5 Å². The Bertz CT molecular complexity index is 965. The lowest BCUT2D eigenvalue weighted by atomic mass is 10.2. The summed E-state index contributed by atoms with van der Waals surface area (Å²) < 4.78 is 30.1. The van der Waals surface area contributed by atoms with E-state index >= 15 is 0 Å². The van der Waals surface area contributed by atoms with Crippen LogP contribution >= 0.6 is 23.4 Å². The molecule has 3 rings (SSSR count). The van der Waals surface area contributed by atoms with Crippen LogP contribution < -0.4 is 5.32 Å². The van der Waals surface area contributed by atoms with Gasteiger partial charge in [0, 0.05) is 31.9 Å². The topological polar surface area (TPSA) is 103 Å². The molecule has 0 aliphatic carbocycles. The first-order valence-electron chi connectivity index (χ1n) is 9.19. The van der Waals surface area contributed by atoms with Gasteiger partial charge in [0.15, 0.2) is 20.8 Å². The third-order valence-electron chi connectivity index (χ3n) is 4.49. The second-order valence-corrected chi connectivity index (χ2v) is 10.3. The van der Waals surface area contributed by atoms with Crippen molar-refractivity contribution in [3.8, 4) is 11.4 Å². The highest BCUT2D eigenvalue weighted by Crippen LogP contribution is 2.29. The first kappa shape index (κ1) is 22.1. The van der Waals surface area contributed by atoms with E-state index in [1.165, 1.54) is 11.8 Å². The monoisotopic (exact) mass is 458 g/mol. The lowest BCUT2D eigenvalue weighted by molar-refractivity contribution is -0.119. The number of nitrogens with one attached hydrogen (secondary N) is 1. The summed E-state index contributed by atoms with van der Waals surface area (Å²) in [7, 11) is -1.39. The van der Waals surface area contributed by atoms with E-state index in [9.17, 15) is 13.2 Å². The number of amides is 1. The molecule has 0 saturated carbocycles. The van der Waals surface area contributed by atoms with Crippen LogP contribution in [-0.2, 0) is 25.9 Å². The highest BCUT2D eigenvalue weighted by molar-refractivity contribution is 7.99. The predicted octanol–water partition coefficient (Wildman–Crippen LogP) is 2.03. The Morgan fingerprint density at radius 2 is 2.17 bits per heavy atom. The van der Waals surface area contributed by atoms with Crippen LogP contribution in [-0.4, -0.2) is 66.1 Å². The molecule has 1 N–H and O–H groups in total. The fourth-order valence-electron chi connectivity index (χ4n) is 3.11. The zero-order chi connectivity index (χ0) is 20.9. The average molecular weight is 459 g/mol. The Morgan fingerprint density at radius 3 is 2.86 bits per heavy atom. The minimum absolute atomic E-state index is 0.00720. The van der Waals surface area contributed by atoms with Crippen molar-refractivity contribution in [2.45, 2.75) is 30.6 Å². The number of aromatic nitrogens is 3. The Labute approximate surface area is 179 Å². The van der Waals surface area contributed by atoms with Crippen LogP contribution in [0, 0.1) is 0 Å². The number of rotatable bonds is 9. The van der Waals surface area contributed by atoms with E-state index in [4.69, 9.17) is 16.3 Å². The minimum Gasteiger partial charge on any atom is -0.385 e. The largest absolute Gasteiger partial charge is 0.385 e. The first-order valence-corrected chi connectivity index (χ1v) is 12.4. The highest BCUT2D eigenvalue weighted by atomic mass is 35.5. The molecule has 11 heteroatoms. The van der Waals surface area contributed by atoms with Crippen molar-refractivity contribution in [1.29, 1.82) is 0 Å². The van der Waals surface area contributed by atoms with Crippen molar-refractivity contribution in [3.63, 3.8) is 0 Å². The van der Waals surface area contributed by atoms with Crippen LogP contribution in [0.4, 0.5) is 0 Å². The van der Waals surface area contributed by atoms with Gasteiger partial charge in [0.2, 0.25) is 5.91 Å². The number of carbonyl (C=O) groups excluding carboxylic acids is 1. The molecule has 8 nitrogen and oxygen atoms in total. The van der Waals surface area contributed by atoms with E-state index in [0.717, 1.165) is 12.0 Å². The SMILES string of the molecule is COCCCn1c(SCC(=O)NC2CCS(=O)(=O)C2)nnc1-c1ccccc1Cl. The fourth-order valence-corrected chi connectivity index (χ4v) is 5.78. The van der Waals surface area contributed by atoms with Gasteiger partial charge in [-0.2, -0.15) is 0 Å². The first-order chi connectivity index (χ1) is 13.9. The number of carbonyl (C=O) groups is 1. The maximum Gasteiger partial charge on any atom is 0.230 e. The number of hydrogen-bond acceptors (Lipinski definition) is 7. The van der Waals surface area contributed by atoms with Gasteiger partial charge in [-0.05, 0) is 25.0 Å². The third-order valence-corrected chi connectivity index (χ3v) is 7.56. The van der Waals surface area contributed by atoms with Crippen LogP contribution in [0.1, 0.15) is 12.8 Å². The normalized spacial score (nSPS) is 18.1. The van der Waals surface area contributed by atoms with Crippen LogP contribution in [0.5, 0.6) is 0 Å². The Hall–Kier alpha value is -1.62. The molecule has 1 fully saturated rings. The summed E-state index contributed by atoms with van der Waals surface area (Å²) in [6.07, 6.45) is 1.22. The Morgan fingerprint density at radius 1 is 1.38 bits per heavy atom. The van der Waals surface area contributed by atoms with Gasteiger partial charge in [0.1, 0.15) is 0 Å².